The molecule has 0 aromatic carbocycles. The minimum atomic E-state index is -1.33. The minimum absolute atomic E-state index is 0.234. The fourth-order valence-corrected chi connectivity index (χ4v) is 0.308. The zero-order chi connectivity index (χ0) is 7.98. The summed E-state index contributed by atoms with van der Waals surface area (Å²) < 4.78 is 8.75. The molecule has 0 amide bonds. The number of carboxylic acid groups (broad SMARTS) is 1. The van der Waals surface area contributed by atoms with Gasteiger partial charge in [0.15, 0.2) is 6.79 Å². The van der Waals surface area contributed by atoms with Crippen molar-refractivity contribution in [2.24, 2.45) is 0 Å². The zero-order valence-electron chi connectivity index (χ0n) is 5.79. The van der Waals surface area contributed by atoms with E-state index in [1.54, 1.807) is 6.92 Å². The van der Waals surface area contributed by atoms with Crippen LogP contribution >= 0.6 is 0 Å². The predicted octanol–water partition coefficient (Wildman–Crippen LogP) is 1.23. The Bertz CT molecular complexity index is 114. The third-order valence-corrected chi connectivity index (χ3v) is 0.614. The van der Waals surface area contributed by atoms with Gasteiger partial charge in [0.05, 0.1) is 6.61 Å². The SMILES string of the molecule is C=C(C)COCOC(=O)O. The molecule has 4 nitrogen and oxygen atoms in total. The fraction of sp³-hybridized carbons (Fsp3) is 0.500. The van der Waals surface area contributed by atoms with Crippen LogP contribution in [-0.2, 0) is 9.47 Å². The van der Waals surface area contributed by atoms with Gasteiger partial charge in [0.2, 0.25) is 0 Å². The molecule has 58 valence electrons. The van der Waals surface area contributed by atoms with Crippen molar-refractivity contribution < 1.29 is 19.4 Å². The molecule has 0 aromatic heterocycles. The molecule has 0 aliphatic rings. The Morgan fingerprint density at radius 3 is 2.70 bits per heavy atom. The van der Waals surface area contributed by atoms with Crippen molar-refractivity contribution in [3.05, 3.63) is 12.2 Å². The molecule has 1 N–H and O–H groups in total. The molecule has 0 unspecified atom stereocenters. The first-order chi connectivity index (χ1) is 4.63. The number of ether oxygens (including phenoxy) is 2. The Kier molecular flexibility index (Phi) is 4.32. The lowest BCUT2D eigenvalue weighted by Gasteiger charge is -2.01. The second-order valence-corrected chi connectivity index (χ2v) is 1.83. The molecular formula is C6H10O4. The number of carbonyl (C=O) groups is 1. The third kappa shape index (κ3) is 6.97. The third-order valence-electron chi connectivity index (χ3n) is 0.614. The van der Waals surface area contributed by atoms with Gasteiger partial charge < -0.3 is 14.6 Å². The summed E-state index contributed by atoms with van der Waals surface area (Å²) in [5.41, 5.74) is 0.828. The van der Waals surface area contributed by atoms with Gasteiger partial charge in [-0.3, -0.25) is 0 Å². The van der Waals surface area contributed by atoms with Gasteiger partial charge in [-0.25, -0.2) is 4.79 Å². The smallest absolute Gasteiger partial charge is 0.450 e. The van der Waals surface area contributed by atoms with Crippen LogP contribution in [-0.4, -0.2) is 24.7 Å². The number of rotatable bonds is 4. The summed E-state index contributed by atoms with van der Waals surface area (Å²) in [6.45, 7) is 5.42. The van der Waals surface area contributed by atoms with Crippen molar-refractivity contribution in [2.45, 2.75) is 6.92 Å². The van der Waals surface area contributed by atoms with E-state index in [4.69, 9.17) is 9.84 Å². The van der Waals surface area contributed by atoms with E-state index >= 15 is 0 Å². The first-order valence-electron chi connectivity index (χ1n) is 2.70. The molecule has 0 rings (SSSR count). The average molecular weight is 146 g/mol. The van der Waals surface area contributed by atoms with Crippen molar-refractivity contribution in [1.29, 1.82) is 0 Å². The van der Waals surface area contributed by atoms with Gasteiger partial charge >= 0.3 is 6.16 Å². The Hall–Kier alpha value is -1.03. The molecule has 0 saturated carbocycles. The molecule has 10 heavy (non-hydrogen) atoms. The maximum atomic E-state index is 9.72. The predicted molar refractivity (Wildman–Crippen MR) is 34.7 cm³/mol. The Labute approximate surface area is 59.1 Å². The van der Waals surface area contributed by atoms with Crippen molar-refractivity contribution in [2.75, 3.05) is 13.4 Å². The van der Waals surface area contributed by atoms with E-state index in [9.17, 15) is 4.79 Å². The van der Waals surface area contributed by atoms with E-state index in [2.05, 4.69) is 11.3 Å². The molecule has 0 aliphatic heterocycles. The van der Waals surface area contributed by atoms with Crippen LogP contribution in [0.2, 0.25) is 0 Å². The summed E-state index contributed by atoms with van der Waals surface area (Å²) in [6, 6.07) is 0. The van der Waals surface area contributed by atoms with Crippen LogP contribution in [0.5, 0.6) is 0 Å². The summed E-state index contributed by atoms with van der Waals surface area (Å²) in [5.74, 6) is 0. The van der Waals surface area contributed by atoms with Crippen LogP contribution in [0.3, 0.4) is 0 Å². The zero-order valence-corrected chi connectivity index (χ0v) is 5.79. The van der Waals surface area contributed by atoms with E-state index < -0.39 is 6.16 Å². The van der Waals surface area contributed by atoms with Crippen LogP contribution in [0.4, 0.5) is 4.79 Å². The van der Waals surface area contributed by atoms with Crippen LogP contribution in [0.1, 0.15) is 6.92 Å². The number of hydrogen-bond donors (Lipinski definition) is 1. The van der Waals surface area contributed by atoms with Crippen LogP contribution in [0.25, 0.3) is 0 Å². The summed E-state index contributed by atoms with van der Waals surface area (Å²) >= 11 is 0. The molecule has 0 aromatic rings. The van der Waals surface area contributed by atoms with Crippen molar-refractivity contribution in [3.63, 3.8) is 0 Å². The summed E-state index contributed by atoms with van der Waals surface area (Å²) in [7, 11) is 0. The second kappa shape index (κ2) is 4.81. The van der Waals surface area contributed by atoms with Gasteiger partial charge in [-0.1, -0.05) is 12.2 Å². The van der Waals surface area contributed by atoms with E-state index in [1.807, 2.05) is 0 Å². The minimum Gasteiger partial charge on any atom is -0.450 e. The summed E-state index contributed by atoms with van der Waals surface area (Å²) in [4.78, 5) is 9.72. The van der Waals surface area contributed by atoms with E-state index in [0.717, 1.165) is 5.57 Å². The van der Waals surface area contributed by atoms with Crippen LogP contribution in [0, 0.1) is 0 Å². The molecule has 0 bridgehead atoms. The Morgan fingerprint density at radius 2 is 2.30 bits per heavy atom. The normalized spacial score (nSPS) is 8.90. The fourth-order valence-electron chi connectivity index (χ4n) is 0.308. The highest BCUT2D eigenvalue weighted by atomic mass is 16.7. The van der Waals surface area contributed by atoms with E-state index in [0.29, 0.717) is 6.61 Å². The molecule has 0 fully saturated rings. The van der Waals surface area contributed by atoms with E-state index in [-0.39, 0.29) is 6.79 Å². The van der Waals surface area contributed by atoms with Gasteiger partial charge in [0, 0.05) is 0 Å². The first-order valence-corrected chi connectivity index (χ1v) is 2.70. The number of hydrogen-bond acceptors (Lipinski definition) is 3. The molecule has 4 heteroatoms. The lowest BCUT2D eigenvalue weighted by Crippen LogP contribution is -2.06. The maximum absolute atomic E-state index is 9.72. The van der Waals surface area contributed by atoms with Gasteiger partial charge in [-0.2, -0.15) is 0 Å². The molecule has 0 aliphatic carbocycles. The molecular weight excluding hydrogens is 136 g/mol. The highest BCUT2D eigenvalue weighted by Crippen LogP contribution is 1.88. The molecule has 0 atom stereocenters. The Balaban J connectivity index is 3.06. The molecule has 0 spiro atoms. The first kappa shape index (κ1) is 8.97. The van der Waals surface area contributed by atoms with Crippen LogP contribution < -0.4 is 0 Å². The standard InChI is InChI=1S/C6H10O4/c1-5(2)3-9-4-10-6(7)8/h1,3-4H2,2H3,(H,7,8). The lowest BCUT2D eigenvalue weighted by atomic mass is 10.4. The summed E-state index contributed by atoms with van der Waals surface area (Å²) in [6.07, 6.45) is -1.33. The highest BCUT2D eigenvalue weighted by molar-refractivity contribution is 5.56. The van der Waals surface area contributed by atoms with Gasteiger partial charge in [-0.15, -0.1) is 0 Å². The van der Waals surface area contributed by atoms with Crippen molar-refractivity contribution >= 4 is 6.16 Å². The van der Waals surface area contributed by atoms with Gasteiger partial charge in [0.1, 0.15) is 0 Å². The maximum Gasteiger partial charge on any atom is 0.507 e. The second-order valence-electron chi connectivity index (χ2n) is 1.83. The quantitative estimate of drug-likeness (QED) is 0.280. The molecule has 0 radical (unpaired) electrons. The van der Waals surface area contributed by atoms with Crippen molar-refractivity contribution in [3.8, 4) is 0 Å². The topological polar surface area (TPSA) is 55.8 Å². The van der Waals surface area contributed by atoms with E-state index in [1.165, 1.54) is 0 Å². The largest absolute Gasteiger partial charge is 0.507 e. The van der Waals surface area contributed by atoms with Gasteiger partial charge in [0.25, 0.3) is 0 Å². The average Bonchev–Trinajstić information content (AvgIpc) is 1.79. The monoisotopic (exact) mass is 146 g/mol. The van der Waals surface area contributed by atoms with Gasteiger partial charge in [-0.05, 0) is 6.92 Å². The van der Waals surface area contributed by atoms with Crippen molar-refractivity contribution in [1.82, 2.24) is 0 Å². The molecule has 0 saturated heterocycles. The van der Waals surface area contributed by atoms with Crippen LogP contribution in [0.15, 0.2) is 12.2 Å². The summed E-state index contributed by atoms with van der Waals surface area (Å²) in [5, 5.41) is 7.95. The Morgan fingerprint density at radius 1 is 1.70 bits per heavy atom. The highest BCUT2D eigenvalue weighted by Gasteiger charge is 1.93. The molecule has 0 heterocycles. The lowest BCUT2D eigenvalue weighted by molar-refractivity contribution is -0.0259.